The zero-order chi connectivity index (χ0) is 14.6. The molecule has 0 fully saturated rings. The Bertz CT molecular complexity index is 505. The summed E-state index contributed by atoms with van der Waals surface area (Å²) in [5.74, 6) is -3.75. The van der Waals surface area contributed by atoms with Crippen LogP contribution in [0.4, 0.5) is 22.0 Å². The number of hydrogen-bond donors (Lipinski definition) is 0. The van der Waals surface area contributed by atoms with Gasteiger partial charge in [0.15, 0.2) is 0 Å². The highest BCUT2D eigenvalue weighted by Crippen LogP contribution is 2.29. The Kier molecular flexibility index (Phi) is 4.63. The first-order chi connectivity index (χ1) is 8.75. The van der Waals surface area contributed by atoms with Crippen molar-refractivity contribution in [2.75, 3.05) is 6.61 Å². The van der Waals surface area contributed by atoms with Crippen LogP contribution in [0.5, 0.6) is 0 Å². The number of carbonyl (C=O) groups excluding carboxylic acids is 1. The van der Waals surface area contributed by atoms with Crippen LogP contribution in [-0.4, -0.2) is 18.8 Å². The van der Waals surface area contributed by atoms with Gasteiger partial charge in [-0.05, 0) is 25.1 Å². The molecule has 0 spiro atoms. The van der Waals surface area contributed by atoms with Gasteiger partial charge >= 0.3 is 12.1 Å². The van der Waals surface area contributed by atoms with E-state index in [9.17, 15) is 26.7 Å². The Morgan fingerprint density at radius 2 is 1.95 bits per heavy atom. The van der Waals surface area contributed by atoms with E-state index in [1.54, 1.807) is 0 Å². The van der Waals surface area contributed by atoms with Crippen LogP contribution >= 0.6 is 0 Å². The summed E-state index contributed by atoms with van der Waals surface area (Å²) in [6, 6.07) is 2.01. The van der Waals surface area contributed by atoms with Crippen molar-refractivity contribution >= 4 is 12.0 Å². The van der Waals surface area contributed by atoms with Gasteiger partial charge in [-0.25, -0.2) is 13.6 Å². The Balaban J connectivity index is 3.24. The molecule has 0 unspecified atom stereocenters. The van der Waals surface area contributed by atoms with Gasteiger partial charge in [-0.1, -0.05) is 0 Å². The summed E-state index contributed by atoms with van der Waals surface area (Å²) in [7, 11) is 0. The van der Waals surface area contributed by atoms with Crippen LogP contribution in [0.15, 0.2) is 23.8 Å². The van der Waals surface area contributed by atoms with Gasteiger partial charge < -0.3 is 4.74 Å². The summed E-state index contributed by atoms with van der Waals surface area (Å²) in [5, 5.41) is 0. The van der Waals surface area contributed by atoms with Crippen LogP contribution in [0.25, 0.3) is 6.08 Å². The molecular formula is C12H9F5O2. The predicted molar refractivity (Wildman–Crippen MR) is 57.0 cm³/mol. The fraction of sp³-hybridized carbons (Fsp3) is 0.250. The smallest absolute Gasteiger partial charge is 0.423 e. The standard InChI is InChI=1S/C12H9F5O2/c1-2-19-11(18)9(12(15,16)17)5-7-3-4-8(13)6-10(7)14/h3-6H,2H2,1H3/b9-5-. The van der Waals surface area contributed by atoms with Crippen LogP contribution in [0.3, 0.4) is 0 Å². The third-order valence-corrected chi connectivity index (χ3v) is 2.06. The molecule has 2 nitrogen and oxygen atoms in total. The van der Waals surface area contributed by atoms with Gasteiger partial charge in [0, 0.05) is 11.6 Å². The van der Waals surface area contributed by atoms with Crippen molar-refractivity contribution in [1.29, 1.82) is 0 Å². The van der Waals surface area contributed by atoms with Crippen molar-refractivity contribution in [3.8, 4) is 0 Å². The first-order valence-electron chi connectivity index (χ1n) is 5.16. The highest BCUT2D eigenvalue weighted by atomic mass is 19.4. The highest BCUT2D eigenvalue weighted by molar-refractivity contribution is 5.95. The normalized spacial score (nSPS) is 12.4. The first kappa shape index (κ1) is 15.1. The molecule has 0 N–H and O–H groups in total. The van der Waals surface area contributed by atoms with Crippen LogP contribution < -0.4 is 0 Å². The average molecular weight is 280 g/mol. The molecule has 1 aromatic rings. The maximum Gasteiger partial charge on any atom is 0.423 e. The highest BCUT2D eigenvalue weighted by Gasteiger charge is 2.39. The fourth-order valence-electron chi connectivity index (χ4n) is 1.24. The molecule has 0 radical (unpaired) electrons. The zero-order valence-corrected chi connectivity index (χ0v) is 9.72. The summed E-state index contributed by atoms with van der Waals surface area (Å²) in [6.07, 6.45) is -4.71. The molecule has 0 aliphatic carbocycles. The van der Waals surface area contributed by atoms with Crippen LogP contribution in [0.1, 0.15) is 12.5 Å². The molecular weight excluding hydrogens is 271 g/mol. The maximum absolute atomic E-state index is 13.2. The molecule has 0 atom stereocenters. The number of carbonyl (C=O) groups is 1. The molecule has 0 aromatic heterocycles. The lowest BCUT2D eigenvalue weighted by Crippen LogP contribution is -2.22. The molecule has 1 rings (SSSR count). The van der Waals surface area contributed by atoms with E-state index in [4.69, 9.17) is 0 Å². The van der Waals surface area contributed by atoms with Crippen molar-refractivity contribution < 1.29 is 31.5 Å². The first-order valence-corrected chi connectivity index (χ1v) is 5.16. The topological polar surface area (TPSA) is 26.3 Å². The van der Waals surface area contributed by atoms with Gasteiger partial charge in [0.1, 0.15) is 17.2 Å². The summed E-state index contributed by atoms with van der Waals surface area (Å²) in [5.41, 5.74) is -2.21. The Labute approximate surface area is 105 Å². The third kappa shape index (κ3) is 4.04. The summed E-state index contributed by atoms with van der Waals surface area (Å²) >= 11 is 0. The molecule has 0 aliphatic heterocycles. The van der Waals surface area contributed by atoms with E-state index in [1.807, 2.05) is 0 Å². The van der Waals surface area contributed by atoms with Gasteiger partial charge in [0.25, 0.3) is 0 Å². The minimum atomic E-state index is -4.99. The number of benzene rings is 1. The van der Waals surface area contributed by atoms with Crippen LogP contribution in [0, 0.1) is 11.6 Å². The minimum Gasteiger partial charge on any atom is -0.462 e. The van der Waals surface area contributed by atoms with Gasteiger partial charge in [0.05, 0.1) is 6.61 Å². The molecule has 0 bridgehead atoms. The Morgan fingerprint density at radius 3 is 2.42 bits per heavy atom. The second kappa shape index (κ2) is 5.81. The predicted octanol–water partition coefficient (Wildman–Crippen LogP) is 3.47. The quantitative estimate of drug-likeness (QED) is 0.481. The lowest BCUT2D eigenvalue weighted by atomic mass is 10.1. The second-order valence-electron chi connectivity index (χ2n) is 3.44. The van der Waals surface area contributed by atoms with E-state index in [0.29, 0.717) is 6.07 Å². The van der Waals surface area contributed by atoms with E-state index >= 15 is 0 Å². The number of ether oxygens (including phenoxy) is 1. The van der Waals surface area contributed by atoms with E-state index < -0.39 is 34.9 Å². The molecule has 19 heavy (non-hydrogen) atoms. The lowest BCUT2D eigenvalue weighted by molar-refractivity contribution is -0.149. The monoisotopic (exact) mass is 280 g/mol. The van der Waals surface area contributed by atoms with E-state index in [0.717, 1.165) is 12.1 Å². The molecule has 0 amide bonds. The maximum atomic E-state index is 13.2. The van der Waals surface area contributed by atoms with E-state index in [-0.39, 0.29) is 12.7 Å². The third-order valence-electron chi connectivity index (χ3n) is 2.06. The summed E-state index contributed by atoms with van der Waals surface area (Å²) in [6.45, 7) is 1.09. The van der Waals surface area contributed by atoms with Gasteiger partial charge in [-0.15, -0.1) is 0 Å². The van der Waals surface area contributed by atoms with E-state index in [1.165, 1.54) is 6.92 Å². The van der Waals surface area contributed by atoms with Crippen LogP contribution in [0.2, 0.25) is 0 Å². The molecule has 0 saturated heterocycles. The minimum absolute atomic E-state index is 0.252. The van der Waals surface area contributed by atoms with Crippen molar-refractivity contribution in [1.82, 2.24) is 0 Å². The van der Waals surface area contributed by atoms with E-state index in [2.05, 4.69) is 4.74 Å². The molecule has 7 heteroatoms. The number of halogens is 5. The van der Waals surface area contributed by atoms with Gasteiger partial charge in [-0.2, -0.15) is 13.2 Å². The molecule has 1 aromatic carbocycles. The largest absolute Gasteiger partial charge is 0.462 e. The van der Waals surface area contributed by atoms with Crippen molar-refractivity contribution in [2.45, 2.75) is 13.1 Å². The lowest BCUT2D eigenvalue weighted by Gasteiger charge is -2.10. The van der Waals surface area contributed by atoms with Crippen molar-refractivity contribution in [2.24, 2.45) is 0 Å². The molecule has 0 aliphatic rings. The van der Waals surface area contributed by atoms with Crippen molar-refractivity contribution in [3.63, 3.8) is 0 Å². The van der Waals surface area contributed by atoms with Gasteiger partial charge in [-0.3, -0.25) is 0 Å². The van der Waals surface area contributed by atoms with Crippen LogP contribution in [-0.2, 0) is 9.53 Å². The summed E-state index contributed by atoms with van der Waals surface area (Å²) < 4.78 is 68.0. The molecule has 104 valence electrons. The van der Waals surface area contributed by atoms with Gasteiger partial charge in [0.2, 0.25) is 0 Å². The number of hydrogen-bond acceptors (Lipinski definition) is 2. The van der Waals surface area contributed by atoms with Crippen molar-refractivity contribution in [3.05, 3.63) is 41.0 Å². The zero-order valence-electron chi connectivity index (χ0n) is 9.72. The Hall–Kier alpha value is -1.92. The number of esters is 1. The second-order valence-corrected chi connectivity index (χ2v) is 3.44. The molecule has 0 saturated carbocycles. The summed E-state index contributed by atoms with van der Waals surface area (Å²) in [4.78, 5) is 11.2. The SMILES string of the molecule is CCOC(=O)/C(=C/c1ccc(F)cc1F)C(F)(F)F. The number of rotatable bonds is 3. The Morgan fingerprint density at radius 1 is 1.32 bits per heavy atom. The number of alkyl halides is 3. The molecule has 0 heterocycles. The fourth-order valence-corrected chi connectivity index (χ4v) is 1.24. The average Bonchev–Trinajstić information content (AvgIpc) is 2.26.